The fraction of sp³-hybridized carbons (Fsp3) is 0.217. The Morgan fingerprint density at radius 1 is 1.00 bits per heavy atom. The molecular weight excluding hydrogens is 390 g/mol. The molecule has 4 heterocycles. The SMILES string of the molecule is C=CC(=O)N1CCN(c2ccc(-c3cc(-c4cnn(C)c4)cn4ncnc34)cc2)CC1. The van der Waals surface area contributed by atoms with Crippen LogP contribution in [0.25, 0.3) is 27.9 Å². The van der Waals surface area contributed by atoms with Gasteiger partial charge in [-0.2, -0.15) is 10.2 Å². The van der Waals surface area contributed by atoms with Crippen molar-refractivity contribution in [2.45, 2.75) is 0 Å². The highest BCUT2D eigenvalue weighted by Crippen LogP contribution is 2.30. The third kappa shape index (κ3) is 3.56. The molecule has 156 valence electrons. The number of anilines is 1. The van der Waals surface area contributed by atoms with Crippen molar-refractivity contribution in [1.82, 2.24) is 29.3 Å². The molecule has 8 nitrogen and oxygen atoms in total. The van der Waals surface area contributed by atoms with Crippen LogP contribution in [0.15, 0.2) is 67.9 Å². The summed E-state index contributed by atoms with van der Waals surface area (Å²) in [6, 6.07) is 10.6. The molecule has 5 rings (SSSR count). The van der Waals surface area contributed by atoms with E-state index in [0.717, 1.165) is 46.7 Å². The molecule has 1 saturated heterocycles. The summed E-state index contributed by atoms with van der Waals surface area (Å²) < 4.78 is 3.60. The highest BCUT2D eigenvalue weighted by molar-refractivity contribution is 5.87. The van der Waals surface area contributed by atoms with Crippen molar-refractivity contribution in [2.24, 2.45) is 7.05 Å². The van der Waals surface area contributed by atoms with Crippen LogP contribution in [0, 0.1) is 0 Å². The minimum Gasteiger partial charge on any atom is -0.368 e. The fourth-order valence-electron chi connectivity index (χ4n) is 4.03. The minimum atomic E-state index is 0.000759. The lowest BCUT2D eigenvalue weighted by molar-refractivity contribution is -0.126. The molecule has 0 atom stereocenters. The molecule has 1 amide bonds. The maximum absolute atomic E-state index is 11.8. The number of rotatable bonds is 4. The van der Waals surface area contributed by atoms with Gasteiger partial charge in [-0.1, -0.05) is 18.7 Å². The van der Waals surface area contributed by atoms with E-state index in [1.165, 1.54) is 6.08 Å². The summed E-state index contributed by atoms with van der Waals surface area (Å²) in [7, 11) is 1.91. The van der Waals surface area contributed by atoms with E-state index in [9.17, 15) is 4.79 Å². The number of carbonyl (C=O) groups is 1. The number of nitrogens with zero attached hydrogens (tertiary/aromatic N) is 7. The van der Waals surface area contributed by atoms with E-state index in [1.807, 2.05) is 30.5 Å². The first-order valence-corrected chi connectivity index (χ1v) is 10.2. The van der Waals surface area contributed by atoms with Crippen LogP contribution in [-0.4, -0.2) is 61.4 Å². The van der Waals surface area contributed by atoms with E-state index in [1.54, 1.807) is 15.5 Å². The van der Waals surface area contributed by atoms with E-state index in [4.69, 9.17) is 0 Å². The third-order valence-corrected chi connectivity index (χ3v) is 5.72. The number of amides is 1. The molecule has 1 aliphatic rings. The predicted octanol–water partition coefficient (Wildman–Crippen LogP) is 2.63. The van der Waals surface area contributed by atoms with Gasteiger partial charge in [0, 0.05) is 68.0 Å². The zero-order valence-electron chi connectivity index (χ0n) is 17.3. The Kier molecular flexibility index (Phi) is 4.74. The third-order valence-electron chi connectivity index (χ3n) is 5.72. The molecule has 3 aromatic heterocycles. The Balaban J connectivity index is 1.43. The topological polar surface area (TPSA) is 71.6 Å². The highest BCUT2D eigenvalue weighted by atomic mass is 16.2. The monoisotopic (exact) mass is 413 g/mol. The molecule has 0 saturated carbocycles. The van der Waals surface area contributed by atoms with Gasteiger partial charge in [-0.25, -0.2) is 9.50 Å². The van der Waals surface area contributed by atoms with Crippen molar-refractivity contribution in [1.29, 1.82) is 0 Å². The van der Waals surface area contributed by atoms with Gasteiger partial charge in [-0.3, -0.25) is 9.48 Å². The van der Waals surface area contributed by atoms with Gasteiger partial charge in [0.1, 0.15) is 6.33 Å². The average Bonchev–Trinajstić information content (AvgIpc) is 3.47. The molecule has 4 aromatic rings. The van der Waals surface area contributed by atoms with Crippen LogP contribution >= 0.6 is 0 Å². The summed E-state index contributed by atoms with van der Waals surface area (Å²) >= 11 is 0. The van der Waals surface area contributed by atoms with E-state index in [0.29, 0.717) is 13.1 Å². The van der Waals surface area contributed by atoms with Crippen molar-refractivity contribution in [3.05, 3.63) is 67.9 Å². The van der Waals surface area contributed by atoms with Gasteiger partial charge in [-0.15, -0.1) is 0 Å². The number of hydrogen-bond donors (Lipinski definition) is 0. The number of carbonyl (C=O) groups excluding carboxylic acids is 1. The summed E-state index contributed by atoms with van der Waals surface area (Å²) in [5.74, 6) is 0.000759. The molecule has 31 heavy (non-hydrogen) atoms. The molecule has 1 aromatic carbocycles. The standard InChI is InChI=1S/C23H23N7O/c1-3-22(31)29-10-8-28(9-11-29)20-6-4-17(5-7-20)21-12-18(19-13-25-27(2)14-19)15-30-23(21)24-16-26-30/h3-7,12-16H,1,8-11H2,2H3. The summed E-state index contributed by atoms with van der Waals surface area (Å²) in [6.45, 7) is 6.61. The van der Waals surface area contributed by atoms with Gasteiger partial charge in [0.2, 0.25) is 5.91 Å². The van der Waals surface area contributed by atoms with E-state index in [-0.39, 0.29) is 5.91 Å². The lowest BCUT2D eigenvalue weighted by atomic mass is 10.0. The first kappa shape index (κ1) is 19.0. The van der Waals surface area contributed by atoms with E-state index >= 15 is 0 Å². The van der Waals surface area contributed by atoms with Gasteiger partial charge < -0.3 is 9.80 Å². The summed E-state index contributed by atoms with van der Waals surface area (Å²) in [4.78, 5) is 20.4. The number of hydrogen-bond acceptors (Lipinski definition) is 5. The van der Waals surface area contributed by atoms with Crippen molar-refractivity contribution in [3.63, 3.8) is 0 Å². The Labute approximate surface area is 180 Å². The predicted molar refractivity (Wildman–Crippen MR) is 120 cm³/mol. The average molecular weight is 413 g/mol. The van der Waals surface area contributed by atoms with Crippen LogP contribution in [0.2, 0.25) is 0 Å². The van der Waals surface area contributed by atoms with Crippen LogP contribution in [-0.2, 0) is 11.8 Å². The summed E-state index contributed by atoms with van der Waals surface area (Å²) in [6.07, 6.45) is 8.77. The van der Waals surface area contributed by atoms with Crippen LogP contribution in [0.3, 0.4) is 0 Å². The van der Waals surface area contributed by atoms with Gasteiger partial charge in [-0.05, 0) is 29.8 Å². The smallest absolute Gasteiger partial charge is 0.246 e. The number of piperazine rings is 1. The van der Waals surface area contributed by atoms with Crippen molar-refractivity contribution >= 4 is 17.2 Å². The zero-order valence-corrected chi connectivity index (χ0v) is 17.3. The van der Waals surface area contributed by atoms with Gasteiger partial charge in [0.25, 0.3) is 0 Å². The maximum Gasteiger partial charge on any atom is 0.246 e. The second kappa shape index (κ2) is 7.71. The largest absolute Gasteiger partial charge is 0.368 e. The van der Waals surface area contributed by atoms with Gasteiger partial charge in [0.05, 0.1) is 6.20 Å². The zero-order chi connectivity index (χ0) is 21.4. The van der Waals surface area contributed by atoms with E-state index in [2.05, 4.69) is 57.0 Å². The van der Waals surface area contributed by atoms with E-state index < -0.39 is 0 Å². The van der Waals surface area contributed by atoms with Crippen molar-refractivity contribution in [2.75, 3.05) is 31.1 Å². The fourth-order valence-corrected chi connectivity index (χ4v) is 4.03. The van der Waals surface area contributed by atoms with Crippen LogP contribution in [0.1, 0.15) is 0 Å². The number of pyridine rings is 1. The van der Waals surface area contributed by atoms with Crippen LogP contribution < -0.4 is 4.90 Å². The van der Waals surface area contributed by atoms with Crippen molar-refractivity contribution < 1.29 is 4.79 Å². The molecule has 0 spiro atoms. The summed E-state index contributed by atoms with van der Waals surface area (Å²) in [5.41, 5.74) is 6.13. The first-order valence-electron chi connectivity index (χ1n) is 10.2. The Hall–Kier alpha value is -3.94. The number of benzene rings is 1. The molecule has 8 heteroatoms. The Morgan fingerprint density at radius 2 is 1.77 bits per heavy atom. The van der Waals surface area contributed by atoms with Gasteiger partial charge >= 0.3 is 0 Å². The second-order valence-electron chi connectivity index (χ2n) is 7.64. The molecule has 0 N–H and O–H groups in total. The normalized spacial score (nSPS) is 14.2. The maximum atomic E-state index is 11.8. The molecule has 1 fully saturated rings. The van der Waals surface area contributed by atoms with Crippen LogP contribution in [0.5, 0.6) is 0 Å². The van der Waals surface area contributed by atoms with Gasteiger partial charge in [0.15, 0.2) is 5.65 Å². The molecule has 1 aliphatic heterocycles. The number of aromatic nitrogens is 5. The van der Waals surface area contributed by atoms with Crippen molar-refractivity contribution in [3.8, 4) is 22.3 Å². The molecule has 0 bridgehead atoms. The Morgan fingerprint density at radius 3 is 2.45 bits per heavy atom. The molecule has 0 unspecified atom stereocenters. The molecule has 0 radical (unpaired) electrons. The highest BCUT2D eigenvalue weighted by Gasteiger charge is 2.20. The lowest BCUT2D eigenvalue weighted by Crippen LogP contribution is -2.48. The quantitative estimate of drug-likeness (QED) is 0.481. The summed E-state index contributed by atoms with van der Waals surface area (Å²) in [5, 5.41) is 8.63. The number of fused-ring (bicyclic) bond motifs is 1. The van der Waals surface area contributed by atoms with Crippen LogP contribution in [0.4, 0.5) is 5.69 Å². The first-order chi connectivity index (χ1) is 15.1. The Bertz CT molecular complexity index is 1250. The molecular formula is C23H23N7O. The molecule has 0 aliphatic carbocycles. The number of aryl methyl sites for hydroxylation is 1. The minimum absolute atomic E-state index is 0.000759. The second-order valence-corrected chi connectivity index (χ2v) is 7.64. The lowest BCUT2D eigenvalue weighted by Gasteiger charge is -2.35.